The predicted molar refractivity (Wildman–Crippen MR) is 106 cm³/mol. The van der Waals surface area contributed by atoms with Crippen LogP contribution in [0.5, 0.6) is 5.88 Å². The summed E-state index contributed by atoms with van der Waals surface area (Å²) in [5.74, 6) is 0.183. The van der Waals surface area contributed by atoms with Crippen LogP contribution in [0.2, 0.25) is 0 Å². The molecule has 3 aromatic rings. The number of rotatable bonds is 4. The molecule has 0 saturated heterocycles. The number of hydrogen-bond acceptors (Lipinski definition) is 3. The molecule has 0 N–H and O–H groups in total. The van der Waals surface area contributed by atoms with E-state index in [9.17, 15) is 4.79 Å². The van der Waals surface area contributed by atoms with Crippen molar-refractivity contribution in [3.63, 3.8) is 0 Å². The molecule has 1 aliphatic carbocycles. The summed E-state index contributed by atoms with van der Waals surface area (Å²) in [5.41, 5.74) is 6.83. The number of aryl methyl sites for hydroxylation is 3. The van der Waals surface area contributed by atoms with Crippen molar-refractivity contribution >= 4 is 5.97 Å². The Kier molecular flexibility index (Phi) is 4.80. The standard InChI is InChI=1S/C23H24N2O2/c1-16-22(20-9-4-3-5-10-20)23(27-17(2)26)25(24-16)15-18-12-13-19-8-6-7-11-21(19)14-18/h3-5,9-10,12-14H,6-8,11,15H2,1-2H3. The van der Waals surface area contributed by atoms with Gasteiger partial charge in [0.1, 0.15) is 0 Å². The van der Waals surface area contributed by atoms with Crippen LogP contribution in [-0.2, 0) is 24.2 Å². The maximum absolute atomic E-state index is 11.7. The Morgan fingerprint density at radius 3 is 2.56 bits per heavy atom. The minimum Gasteiger partial charge on any atom is -0.407 e. The second-order valence-corrected chi connectivity index (χ2v) is 7.19. The van der Waals surface area contributed by atoms with Gasteiger partial charge in [0.15, 0.2) is 0 Å². The molecule has 1 heterocycles. The van der Waals surface area contributed by atoms with E-state index in [1.807, 2.05) is 41.9 Å². The van der Waals surface area contributed by atoms with Gasteiger partial charge in [-0.2, -0.15) is 5.10 Å². The minimum absolute atomic E-state index is 0.334. The number of carbonyl (C=O) groups is 1. The third-order valence-electron chi connectivity index (χ3n) is 5.13. The first-order chi connectivity index (χ1) is 13.1. The van der Waals surface area contributed by atoms with Crippen molar-refractivity contribution in [2.75, 3.05) is 0 Å². The van der Waals surface area contributed by atoms with Crippen LogP contribution in [0.3, 0.4) is 0 Å². The molecule has 27 heavy (non-hydrogen) atoms. The summed E-state index contributed by atoms with van der Waals surface area (Å²) < 4.78 is 7.41. The number of esters is 1. The second-order valence-electron chi connectivity index (χ2n) is 7.19. The van der Waals surface area contributed by atoms with Crippen LogP contribution in [0, 0.1) is 6.92 Å². The number of benzene rings is 2. The predicted octanol–water partition coefficient (Wildman–Crippen LogP) is 4.71. The highest BCUT2D eigenvalue weighted by molar-refractivity contribution is 5.76. The summed E-state index contributed by atoms with van der Waals surface area (Å²) >= 11 is 0. The lowest BCUT2D eigenvalue weighted by molar-refractivity contribution is -0.132. The van der Waals surface area contributed by atoms with Crippen molar-refractivity contribution in [1.29, 1.82) is 0 Å². The van der Waals surface area contributed by atoms with Crippen LogP contribution in [0.15, 0.2) is 48.5 Å². The van der Waals surface area contributed by atoms with Crippen LogP contribution in [0.1, 0.15) is 42.1 Å². The number of fused-ring (bicyclic) bond motifs is 1. The van der Waals surface area contributed by atoms with E-state index in [0.29, 0.717) is 12.4 Å². The molecule has 4 nitrogen and oxygen atoms in total. The Balaban J connectivity index is 1.73. The molecule has 0 radical (unpaired) electrons. The third-order valence-corrected chi connectivity index (χ3v) is 5.13. The summed E-state index contributed by atoms with van der Waals surface area (Å²) in [6.07, 6.45) is 4.86. The average Bonchev–Trinajstić information content (AvgIpc) is 2.96. The van der Waals surface area contributed by atoms with Gasteiger partial charge in [0.05, 0.1) is 17.8 Å². The maximum Gasteiger partial charge on any atom is 0.309 e. The monoisotopic (exact) mass is 360 g/mol. The van der Waals surface area contributed by atoms with Crippen LogP contribution in [-0.4, -0.2) is 15.7 Å². The molecule has 0 unspecified atom stereocenters. The highest BCUT2D eigenvalue weighted by Crippen LogP contribution is 2.34. The fourth-order valence-electron chi connectivity index (χ4n) is 3.90. The molecule has 0 spiro atoms. The smallest absolute Gasteiger partial charge is 0.309 e. The molecular weight excluding hydrogens is 336 g/mol. The average molecular weight is 360 g/mol. The Morgan fingerprint density at radius 1 is 1.07 bits per heavy atom. The van der Waals surface area contributed by atoms with Crippen LogP contribution >= 0.6 is 0 Å². The van der Waals surface area contributed by atoms with E-state index in [4.69, 9.17) is 4.74 Å². The van der Waals surface area contributed by atoms with Gasteiger partial charge in [-0.25, -0.2) is 4.68 Å². The second kappa shape index (κ2) is 7.39. The van der Waals surface area contributed by atoms with Gasteiger partial charge in [-0.05, 0) is 54.9 Å². The first-order valence-corrected chi connectivity index (χ1v) is 9.54. The largest absolute Gasteiger partial charge is 0.407 e. The summed E-state index contributed by atoms with van der Waals surface area (Å²) in [7, 11) is 0. The number of aromatic nitrogens is 2. The first kappa shape index (κ1) is 17.5. The Bertz CT molecular complexity index is 974. The van der Waals surface area contributed by atoms with E-state index in [1.165, 1.54) is 42.9 Å². The molecular formula is C23H24N2O2. The van der Waals surface area contributed by atoms with E-state index in [2.05, 4.69) is 23.3 Å². The highest BCUT2D eigenvalue weighted by Gasteiger charge is 2.20. The van der Waals surface area contributed by atoms with Gasteiger partial charge >= 0.3 is 5.97 Å². The van der Waals surface area contributed by atoms with E-state index in [0.717, 1.165) is 23.2 Å². The summed E-state index contributed by atoms with van der Waals surface area (Å²) in [4.78, 5) is 11.7. The van der Waals surface area contributed by atoms with Crippen molar-refractivity contribution in [3.05, 3.63) is 70.9 Å². The zero-order valence-corrected chi connectivity index (χ0v) is 15.9. The van der Waals surface area contributed by atoms with Crippen LogP contribution in [0.4, 0.5) is 0 Å². The Labute approximate surface area is 159 Å². The van der Waals surface area contributed by atoms with Crippen LogP contribution in [0.25, 0.3) is 11.1 Å². The van der Waals surface area contributed by atoms with Crippen molar-refractivity contribution in [2.24, 2.45) is 0 Å². The molecule has 1 aromatic heterocycles. The molecule has 4 heteroatoms. The topological polar surface area (TPSA) is 44.1 Å². The van der Waals surface area contributed by atoms with Gasteiger partial charge in [0.2, 0.25) is 5.88 Å². The number of nitrogens with zero attached hydrogens (tertiary/aromatic N) is 2. The van der Waals surface area contributed by atoms with Gasteiger partial charge < -0.3 is 4.74 Å². The van der Waals surface area contributed by atoms with Gasteiger partial charge in [0, 0.05) is 6.92 Å². The zero-order chi connectivity index (χ0) is 18.8. The van der Waals surface area contributed by atoms with Gasteiger partial charge in [0.25, 0.3) is 0 Å². The molecule has 0 fully saturated rings. The van der Waals surface area contributed by atoms with E-state index < -0.39 is 0 Å². The fraction of sp³-hybridized carbons (Fsp3) is 0.304. The molecule has 0 saturated carbocycles. The Hall–Kier alpha value is -2.88. The normalized spacial score (nSPS) is 13.3. The lowest BCUT2D eigenvalue weighted by Crippen LogP contribution is -2.11. The lowest BCUT2D eigenvalue weighted by Gasteiger charge is -2.17. The highest BCUT2D eigenvalue weighted by atomic mass is 16.5. The van der Waals surface area contributed by atoms with Crippen molar-refractivity contribution in [3.8, 4) is 17.0 Å². The van der Waals surface area contributed by atoms with Gasteiger partial charge in [-0.3, -0.25) is 4.79 Å². The number of hydrogen-bond donors (Lipinski definition) is 0. The summed E-state index contributed by atoms with van der Waals surface area (Å²) in [6, 6.07) is 16.7. The first-order valence-electron chi connectivity index (χ1n) is 9.54. The fourth-order valence-corrected chi connectivity index (χ4v) is 3.90. The van der Waals surface area contributed by atoms with Gasteiger partial charge in [-0.1, -0.05) is 48.5 Å². The zero-order valence-electron chi connectivity index (χ0n) is 15.9. The molecule has 0 amide bonds. The number of carbonyl (C=O) groups excluding carboxylic acids is 1. The van der Waals surface area contributed by atoms with E-state index >= 15 is 0 Å². The van der Waals surface area contributed by atoms with E-state index in [1.54, 1.807) is 0 Å². The molecule has 4 rings (SSSR count). The summed E-state index contributed by atoms with van der Waals surface area (Å²) in [5, 5.41) is 4.69. The molecule has 2 aromatic carbocycles. The molecule has 0 bridgehead atoms. The van der Waals surface area contributed by atoms with Crippen molar-refractivity contribution in [1.82, 2.24) is 9.78 Å². The minimum atomic E-state index is -0.334. The van der Waals surface area contributed by atoms with Crippen LogP contribution < -0.4 is 4.74 Å². The third kappa shape index (κ3) is 3.65. The molecule has 138 valence electrons. The van der Waals surface area contributed by atoms with Crippen molar-refractivity contribution in [2.45, 2.75) is 46.1 Å². The molecule has 0 atom stereocenters. The maximum atomic E-state index is 11.7. The SMILES string of the molecule is CC(=O)Oc1c(-c2ccccc2)c(C)nn1Cc1ccc2c(c1)CCCC2. The lowest BCUT2D eigenvalue weighted by atomic mass is 9.90. The summed E-state index contributed by atoms with van der Waals surface area (Å²) in [6.45, 7) is 3.97. The molecule has 1 aliphatic rings. The van der Waals surface area contributed by atoms with Crippen molar-refractivity contribution < 1.29 is 9.53 Å². The quantitative estimate of drug-likeness (QED) is 0.633. The molecule has 0 aliphatic heterocycles. The van der Waals surface area contributed by atoms with Gasteiger partial charge in [-0.15, -0.1) is 0 Å². The number of ether oxygens (including phenoxy) is 1. The Morgan fingerprint density at radius 2 is 1.81 bits per heavy atom. The van der Waals surface area contributed by atoms with E-state index in [-0.39, 0.29) is 5.97 Å².